The van der Waals surface area contributed by atoms with Crippen LogP contribution in [0.1, 0.15) is 13.3 Å². The van der Waals surface area contributed by atoms with Crippen LogP contribution in [0.5, 0.6) is 0 Å². The Kier molecular flexibility index (Phi) is 4.04. The predicted molar refractivity (Wildman–Crippen MR) is 49.1 cm³/mol. The molecule has 6 nitrogen and oxygen atoms in total. The molecule has 1 aliphatic heterocycles. The Morgan fingerprint density at radius 3 is 2.47 bits per heavy atom. The fraction of sp³-hybridized carbons (Fsp3) is 0.889. The number of methoxy groups -OCH3 is 1. The molecule has 0 aromatic heterocycles. The summed E-state index contributed by atoms with van der Waals surface area (Å²) in [6.45, 7) is 1.63. The second-order valence-electron chi connectivity index (χ2n) is 3.72. The molecule has 0 bridgehead atoms. The van der Waals surface area contributed by atoms with E-state index in [9.17, 15) is 15.0 Å². The van der Waals surface area contributed by atoms with Crippen molar-refractivity contribution in [2.75, 3.05) is 7.11 Å². The van der Waals surface area contributed by atoms with Gasteiger partial charge in [0.25, 0.3) is 0 Å². The maximum Gasteiger partial charge on any atom is 0.305 e. The maximum atomic E-state index is 10.5. The van der Waals surface area contributed by atoms with Gasteiger partial charge in [-0.1, -0.05) is 6.92 Å². The highest BCUT2D eigenvalue weighted by atomic mass is 16.7. The van der Waals surface area contributed by atoms with E-state index < -0.39 is 36.5 Å². The van der Waals surface area contributed by atoms with Crippen molar-refractivity contribution in [2.45, 2.75) is 37.9 Å². The molecular weight excluding hydrogens is 204 g/mol. The van der Waals surface area contributed by atoms with Gasteiger partial charge in [-0.05, 0) is 0 Å². The molecule has 0 aliphatic carbocycles. The van der Waals surface area contributed by atoms with Crippen molar-refractivity contribution in [3.63, 3.8) is 0 Å². The van der Waals surface area contributed by atoms with E-state index in [1.807, 2.05) is 0 Å². The number of carbonyl (C=O) groups is 1. The van der Waals surface area contributed by atoms with Crippen LogP contribution in [0.15, 0.2) is 0 Å². The van der Waals surface area contributed by atoms with E-state index in [1.165, 1.54) is 7.11 Å². The van der Waals surface area contributed by atoms with Gasteiger partial charge in [0.15, 0.2) is 6.29 Å². The number of ether oxygens (including phenoxy) is 2. The fourth-order valence-corrected chi connectivity index (χ4v) is 1.67. The molecule has 6 heteroatoms. The molecule has 15 heavy (non-hydrogen) atoms. The third-order valence-electron chi connectivity index (χ3n) is 2.67. The van der Waals surface area contributed by atoms with E-state index in [-0.39, 0.29) is 6.42 Å². The summed E-state index contributed by atoms with van der Waals surface area (Å²) in [7, 11) is 1.33. The average molecular weight is 220 g/mol. The number of hydrogen-bond donors (Lipinski definition) is 3. The quantitative estimate of drug-likeness (QED) is 0.575. The van der Waals surface area contributed by atoms with Crippen molar-refractivity contribution in [3.8, 4) is 0 Å². The molecule has 88 valence electrons. The Balaban J connectivity index is 2.69. The summed E-state index contributed by atoms with van der Waals surface area (Å²) >= 11 is 0. The molecule has 1 fully saturated rings. The molecule has 5 unspecified atom stereocenters. The molecule has 1 rings (SSSR count). The van der Waals surface area contributed by atoms with E-state index in [4.69, 9.17) is 14.6 Å². The average Bonchev–Trinajstić information content (AvgIpc) is 2.18. The summed E-state index contributed by atoms with van der Waals surface area (Å²) in [5.41, 5.74) is 0. The van der Waals surface area contributed by atoms with Crippen LogP contribution in [-0.2, 0) is 14.3 Å². The Morgan fingerprint density at radius 2 is 2.00 bits per heavy atom. The summed E-state index contributed by atoms with van der Waals surface area (Å²) in [6.07, 6.45) is -4.01. The number of aliphatic hydroxyl groups is 2. The van der Waals surface area contributed by atoms with Gasteiger partial charge in [0.05, 0.1) is 18.6 Å². The third kappa shape index (κ3) is 2.66. The van der Waals surface area contributed by atoms with Gasteiger partial charge in [-0.15, -0.1) is 0 Å². The monoisotopic (exact) mass is 220 g/mol. The third-order valence-corrected chi connectivity index (χ3v) is 2.67. The lowest BCUT2D eigenvalue weighted by Gasteiger charge is -2.40. The summed E-state index contributed by atoms with van der Waals surface area (Å²) < 4.78 is 10.0. The lowest BCUT2D eigenvalue weighted by molar-refractivity contribution is -0.276. The molecular formula is C9H16O6. The molecule has 0 saturated carbocycles. The topological polar surface area (TPSA) is 96.2 Å². The maximum absolute atomic E-state index is 10.5. The van der Waals surface area contributed by atoms with Gasteiger partial charge >= 0.3 is 5.97 Å². The van der Waals surface area contributed by atoms with Gasteiger partial charge in [0.2, 0.25) is 0 Å². The summed E-state index contributed by atoms with van der Waals surface area (Å²) in [5, 5.41) is 27.8. The standard InChI is InChI=1S/C9H16O6/c1-4-5(3-6(10)11)15-9(14-2)8(13)7(4)12/h4-5,7-9,12-13H,3H2,1-2H3,(H,10,11). The first-order chi connectivity index (χ1) is 6.97. The molecule has 1 heterocycles. The molecule has 0 spiro atoms. The van der Waals surface area contributed by atoms with Crippen molar-refractivity contribution in [1.29, 1.82) is 0 Å². The van der Waals surface area contributed by atoms with Gasteiger partial charge in [0, 0.05) is 13.0 Å². The first-order valence-corrected chi connectivity index (χ1v) is 4.73. The minimum absolute atomic E-state index is 0.217. The molecule has 0 aromatic carbocycles. The Hall–Kier alpha value is -0.690. The van der Waals surface area contributed by atoms with Crippen LogP contribution in [0.25, 0.3) is 0 Å². The number of hydrogen-bond acceptors (Lipinski definition) is 5. The number of rotatable bonds is 3. The molecule has 1 saturated heterocycles. The van der Waals surface area contributed by atoms with E-state index >= 15 is 0 Å². The first-order valence-electron chi connectivity index (χ1n) is 4.73. The highest BCUT2D eigenvalue weighted by molar-refractivity contribution is 5.67. The molecule has 0 aromatic rings. The summed E-state index contributed by atoms with van der Waals surface area (Å²) in [4.78, 5) is 10.5. The van der Waals surface area contributed by atoms with E-state index in [0.29, 0.717) is 0 Å². The largest absolute Gasteiger partial charge is 0.481 e. The van der Waals surface area contributed by atoms with Gasteiger partial charge in [-0.25, -0.2) is 0 Å². The van der Waals surface area contributed by atoms with Crippen molar-refractivity contribution < 1.29 is 29.6 Å². The molecule has 1 aliphatic rings. The van der Waals surface area contributed by atoms with Crippen LogP contribution in [0.4, 0.5) is 0 Å². The minimum atomic E-state index is -1.14. The highest BCUT2D eigenvalue weighted by Crippen LogP contribution is 2.27. The van der Waals surface area contributed by atoms with E-state index in [2.05, 4.69) is 0 Å². The SMILES string of the molecule is COC1OC(CC(=O)O)C(C)C(O)C1O. The van der Waals surface area contributed by atoms with Crippen LogP contribution in [0, 0.1) is 5.92 Å². The lowest BCUT2D eigenvalue weighted by atomic mass is 9.89. The fourth-order valence-electron chi connectivity index (χ4n) is 1.67. The zero-order chi connectivity index (χ0) is 11.6. The van der Waals surface area contributed by atoms with Crippen LogP contribution in [-0.4, -0.2) is 53.0 Å². The first kappa shape index (κ1) is 12.4. The zero-order valence-corrected chi connectivity index (χ0v) is 8.66. The Bertz CT molecular complexity index is 229. The van der Waals surface area contributed by atoms with Gasteiger partial charge in [-0.2, -0.15) is 0 Å². The number of carboxylic acids is 1. The second-order valence-corrected chi connectivity index (χ2v) is 3.72. The Labute approximate surface area is 87.4 Å². The second kappa shape index (κ2) is 4.89. The van der Waals surface area contributed by atoms with Crippen molar-refractivity contribution in [3.05, 3.63) is 0 Å². The van der Waals surface area contributed by atoms with Crippen molar-refractivity contribution in [1.82, 2.24) is 0 Å². The smallest absolute Gasteiger partial charge is 0.305 e. The van der Waals surface area contributed by atoms with Gasteiger partial charge in [-0.3, -0.25) is 4.79 Å². The Morgan fingerprint density at radius 1 is 1.40 bits per heavy atom. The summed E-state index contributed by atoms with van der Waals surface area (Å²) in [6, 6.07) is 0. The van der Waals surface area contributed by atoms with Crippen LogP contribution >= 0.6 is 0 Å². The van der Waals surface area contributed by atoms with E-state index in [0.717, 1.165) is 0 Å². The molecule has 0 amide bonds. The van der Waals surface area contributed by atoms with E-state index in [1.54, 1.807) is 6.92 Å². The van der Waals surface area contributed by atoms with Crippen LogP contribution in [0.3, 0.4) is 0 Å². The minimum Gasteiger partial charge on any atom is -0.481 e. The molecule has 3 N–H and O–H groups in total. The van der Waals surface area contributed by atoms with Crippen molar-refractivity contribution in [2.24, 2.45) is 5.92 Å². The molecule has 0 radical (unpaired) electrons. The molecule has 5 atom stereocenters. The summed E-state index contributed by atoms with van der Waals surface area (Å²) in [5.74, 6) is -1.45. The number of carboxylic acid groups (broad SMARTS) is 1. The number of aliphatic hydroxyl groups excluding tert-OH is 2. The number of aliphatic carboxylic acids is 1. The van der Waals surface area contributed by atoms with Gasteiger partial charge < -0.3 is 24.8 Å². The van der Waals surface area contributed by atoms with Crippen molar-refractivity contribution >= 4 is 5.97 Å². The zero-order valence-electron chi connectivity index (χ0n) is 8.66. The van der Waals surface area contributed by atoms with Crippen LogP contribution in [0.2, 0.25) is 0 Å². The highest BCUT2D eigenvalue weighted by Gasteiger charge is 2.42. The predicted octanol–water partition coefficient (Wildman–Crippen LogP) is -0.810. The van der Waals surface area contributed by atoms with Gasteiger partial charge in [0.1, 0.15) is 6.10 Å². The normalized spacial score (nSPS) is 41.5. The lowest BCUT2D eigenvalue weighted by Crippen LogP contribution is -2.54. The van der Waals surface area contributed by atoms with Crippen LogP contribution < -0.4 is 0 Å².